The minimum atomic E-state index is 0.250. The van der Waals surface area contributed by atoms with E-state index < -0.39 is 0 Å². The van der Waals surface area contributed by atoms with Gasteiger partial charge in [-0.1, -0.05) is 27.7 Å². The van der Waals surface area contributed by atoms with Crippen LogP contribution in [0.15, 0.2) is 4.99 Å². The van der Waals surface area contributed by atoms with Crippen molar-refractivity contribution in [2.24, 2.45) is 16.3 Å². The zero-order valence-electron chi connectivity index (χ0n) is 7.64. The van der Waals surface area contributed by atoms with Crippen LogP contribution in [0.2, 0.25) is 0 Å². The molecule has 1 heterocycles. The molecular formula is C8H16N2O. The van der Waals surface area contributed by atoms with Crippen LogP contribution in [-0.2, 0) is 4.84 Å². The number of aliphatic imine (C=N–C) groups is 1. The van der Waals surface area contributed by atoms with Gasteiger partial charge < -0.3 is 0 Å². The second kappa shape index (κ2) is 2.81. The summed E-state index contributed by atoms with van der Waals surface area (Å²) >= 11 is 0. The quantitative estimate of drug-likeness (QED) is 0.625. The first kappa shape index (κ1) is 8.53. The number of hydroxylamine groups is 1. The molecule has 1 N–H and O–H groups in total. The van der Waals surface area contributed by atoms with E-state index in [4.69, 9.17) is 4.84 Å². The van der Waals surface area contributed by atoms with E-state index in [0.717, 1.165) is 5.84 Å². The molecule has 1 aliphatic heterocycles. The molecule has 0 spiro atoms. The van der Waals surface area contributed by atoms with E-state index in [-0.39, 0.29) is 5.41 Å². The first-order valence-corrected chi connectivity index (χ1v) is 3.94. The molecule has 0 aromatic carbocycles. The Morgan fingerprint density at radius 2 is 2.18 bits per heavy atom. The van der Waals surface area contributed by atoms with Gasteiger partial charge in [0, 0.05) is 5.92 Å². The minimum absolute atomic E-state index is 0.250. The number of hydrogen-bond acceptors (Lipinski definition) is 3. The normalized spacial score (nSPS) is 20.9. The van der Waals surface area contributed by atoms with Crippen molar-refractivity contribution in [2.45, 2.75) is 27.7 Å². The first-order valence-electron chi connectivity index (χ1n) is 3.94. The Morgan fingerprint density at radius 1 is 1.55 bits per heavy atom. The van der Waals surface area contributed by atoms with Crippen molar-refractivity contribution in [2.75, 3.05) is 6.73 Å². The molecule has 1 atom stereocenters. The van der Waals surface area contributed by atoms with Crippen molar-refractivity contribution in [1.29, 1.82) is 0 Å². The lowest BCUT2D eigenvalue weighted by atomic mass is 9.81. The van der Waals surface area contributed by atoms with E-state index in [1.54, 1.807) is 0 Å². The molecule has 64 valence electrons. The maximum atomic E-state index is 4.92. The highest BCUT2D eigenvalue weighted by Gasteiger charge is 2.26. The van der Waals surface area contributed by atoms with Gasteiger partial charge in [0.1, 0.15) is 5.84 Å². The number of amidine groups is 1. The topological polar surface area (TPSA) is 33.6 Å². The summed E-state index contributed by atoms with van der Waals surface area (Å²) in [5.41, 5.74) is 3.06. The van der Waals surface area contributed by atoms with Gasteiger partial charge in [-0.25, -0.2) is 4.99 Å². The lowest BCUT2D eigenvalue weighted by molar-refractivity contribution is 0.110. The van der Waals surface area contributed by atoms with Gasteiger partial charge in [-0.3, -0.25) is 10.3 Å². The van der Waals surface area contributed by atoms with Gasteiger partial charge in [-0.15, -0.1) is 0 Å². The van der Waals surface area contributed by atoms with E-state index in [1.807, 2.05) is 0 Å². The first-order chi connectivity index (χ1) is 5.02. The van der Waals surface area contributed by atoms with Crippen LogP contribution in [-0.4, -0.2) is 12.6 Å². The molecule has 1 aliphatic rings. The van der Waals surface area contributed by atoms with Crippen molar-refractivity contribution in [3.63, 3.8) is 0 Å². The van der Waals surface area contributed by atoms with Gasteiger partial charge in [0.2, 0.25) is 0 Å². The Labute approximate surface area is 67.8 Å². The predicted octanol–water partition coefficient (Wildman–Crippen LogP) is 1.56. The molecule has 0 aromatic rings. The van der Waals surface area contributed by atoms with Crippen LogP contribution in [0.25, 0.3) is 0 Å². The highest BCUT2D eigenvalue weighted by atomic mass is 16.7. The molecule has 3 heteroatoms. The van der Waals surface area contributed by atoms with Crippen molar-refractivity contribution in [1.82, 2.24) is 5.48 Å². The van der Waals surface area contributed by atoms with Crippen LogP contribution >= 0.6 is 0 Å². The third-order valence-corrected chi connectivity index (χ3v) is 2.19. The van der Waals surface area contributed by atoms with E-state index in [0.29, 0.717) is 12.6 Å². The smallest absolute Gasteiger partial charge is 0.166 e. The summed E-state index contributed by atoms with van der Waals surface area (Å²) < 4.78 is 0. The molecule has 3 nitrogen and oxygen atoms in total. The fourth-order valence-electron chi connectivity index (χ4n) is 0.876. The van der Waals surface area contributed by atoms with Crippen LogP contribution in [0.4, 0.5) is 0 Å². The SMILES string of the molecule is C[C@H](C1=NCON1)C(C)(C)C. The molecule has 0 amide bonds. The molecule has 1 rings (SSSR count). The third kappa shape index (κ3) is 1.93. The maximum absolute atomic E-state index is 4.92. The molecule has 0 fully saturated rings. The summed E-state index contributed by atoms with van der Waals surface area (Å²) in [6.45, 7) is 9.19. The standard InChI is InChI=1S/C8H16N2O/c1-6(8(2,3)4)7-9-5-11-10-7/h6H,5H2,1-4H3,(H,9,10)/t6-/m1/s1. The molecule has 0 unspecified atom stereocenters. The average Bonchev–Trinajstić information content (AvgIpc) is 2.34. The summed E-state index contributed by atoms with van der Waals surface area (Å²) in [7, 11) is 0. The van der Waals surface area contributed by atoms with Crippen LogP contribution in [0, 0.1) is 11.3 Å². The number of rotatable bonds is 1. The highest BCUT2D eigenvalue weighted by molar-refractivity contribution is 5.84. The molecule has 0 bridgehead atoms. The second-order valence-corrected chi connectivity index (χ2v) is 4.01. The molecule has 11 heavy (non-hydrogen) atoms. The number of nitrogens with zero attached hydrogens (tertiary/aromatic N) is 1. The fourth-order valence-corrected chi connectivity index (χ4v) is 0.876. The lowest BCUT2D eigenvalue weighted by Crippen LogP contribution is -2.32. The predicted molar refractivity (Wildman–Crippen MR) is 45.1 cm³/mol. The summed E-state index contributed by atoms with van der Waals surface area (Å²) in [6.07, 6.45) is 0. The Hall–Kier alpha value is -0.570. The molecular weight excluding hydrogens is 140 g/mol. The summed E-state index contributed by atoms with van der Waals surface area (Å²) in [4.78, 5) is 9.11. The van der Waals surface area contributed by atoms with Gasteiger partial charge in [0.05, 0.1) is 0 Å². The highest BCUT2D eigenvalue weighted by Crippen LogP contribution is 2.26. The Balaban J connectivity index is 2.60. The largest absolute Gasteiger partial charge is 0.251 e. The third-order valence-electron chi connectivity index (χ3n) is 2.19. The van der Waals surface area contributed by atoms with E-state index in [9.17, 15) is 0 Å². The van der Waals surface area contributed by atoms with E-state index >= 15 is 0 Å². The van der Waals surface area contributed by atoms with Crippen molar-refractivity contribution >= 4 is 5.84 Å². The zero-order chi connectivity index (χ0) is 8.48. The number of hydrogen-bond donors (Lipinski definition) is 1. The summed E-state index contributed by atoms with van der Waals surface area (Å²) in [5.74, 6) is 1.39. The van der Waals surface area contributed by atoms with Gasteiger partial charge in [-0.2, -0.15) is 0 Å². The maximum Gasteiger partial charge on any atom is 0.166 e. The molecule has 0 aliphatic carbocycles. The fraction of sp³-hybridized carbons (Fsp3) is 0.875. The van der Waals surface area contributed by atoms with Crippen LogP contribution < -0.4 is 5.48 Å². The van der Waals surface area contributed by atoms with Crippen LogP contribution in [0.1, 0.15) is 27.7 Å². The van der Waals surface area contributed by atoms with Gasteiger partial charge in [-0.05, 0) is 5.41 Å². The minimum Gasteiger partial charge on any atom is -0.251 e. The Kier molecular flexibility index (Phi) is 2.18. The summed E-state index contributed by atoms with van der Waals surface area (Å²) in [5, 5.41) is 0. The lowest BCUT2D eigenvalue weighted by Gasteiger charge is -2.26. The zero-order valence-corrected chi connectivity index (χ0v) is 7.64. The van der Waals surface area contributed by atoms with Crippen molar-refractivity contribution in [3.8, 4) is 0 Å². The summed E-state index contributed by atoms with van der Waals surface area (Å²) in [6, 6.07) is 0. The van der Waals surface area contributed by atoms with Gasteiger partial charge in [0.25, 0.3) is 0 Å². The van der Waals surface area contributed by atoms with Gasteiger partial charge in [0.15, 0.2) is 6.73 Å². The van der Waals surface area contributed by atoms with E-state index in [2.05, 4.69) is 38.2 Å². The van der Waals surface area contributed by atoms with Crippen LogP contribution in [0.3, 0.4) is 0 Å². The second-order valence-electron chi connectivity index (χ2n) is 4.01. The molecule has 0 aromatic heterocycles. The van der Waals surface area contributed by atoms with Gasteiger partial charge >= 0.3 is 0 Å². The Bertz CT molecular complexity index is 169. The van der Waals surface area contributed by atoms with E-state index in [1.165, 1.54) is 0 Å². The molecule has 0 saturated heterocycles. The van der Waals surface area contributed by atoms with Crippen molar-refractivity contribution in [3.05, 3.63) is 0 Å². The molecule has 0 saturated carbocycles. The molecule has 0 radical (unpaired) electrons. The Morgan fingerprint density at radius 3 is 2.55 bits per heavy atom. The average molecular weight is 156 g/mol. The number of nitrogens with one attached hydrogen (secondary N) is 1. The van der Waals surface area contributed by atoms with Crippen molar-refractivity contribution < 1.29 is 4.84 Å². The van der Waals surface area contributed by atoms with Crippen LogP contribution in [0.5, 0.6) is 0 Å². The monoisotopic (exact) mass is 156 g/mol.